The summed E-state index contributed by atoms with van der Waals surface area (Å²) in [5.41, 5.74) is 2.31. The van der Waals surface area contributed by atoms with E-state index in [1.54, 1.807) is 11.3 Å². The highest BCUT2D eigenvalue weighted by Gasteiger charge is 2.55. The summed E-state index contributed by atoms with van der Waals surface area (Å²) in [5.74, 6) is 0.660. The number of carbonyl (C=O) groups is 1. The number of benzene rings is 1. The number of anilines is 1. The summed E-state index contributed by atoms with van der Waals surface area (Å²) in [5, 5.41) is 1.05. The van der Waals surface area contributed by atoms with Gasteiger partial charge in [-0.15, -0.1) is 11.3 Å². The fourth-order valence-corrected chi connectivity index (χ4v) is 7.57. The third-order valence-corrected chi connectivity index (χ3v) is 10.2. The lowest BCUT2D eigenvalue weighted by Gasteiger charge is -2.51. The fraction of sp³-hybridized carbons (Fsp3) is 0.467. The first-order valence-electron chi connectivity index (χ1n) is 13.3. The van der Waals surface area contributed by atoms with Crippen LogP contribution in [0.15, 0.2) is 66.9 Å². The van der Waals surface area contributed by atoms with Gasteiger partial charge in [0.25, 0.3) is 0 Å². The average molecular weight is 501 g/mol. The lowest BCUT2D eigenvalue weighted by molar-refractivity contribution is 0.0172. The second-order valence-corrected chi connectivity index (χ2v) is 12.2. The lowest BCUT2D eigenvalue weighted by atomic mass is 9.68. The molecule has 3 fully saturated rings. The van der Waals surface area contributed by atoms with Gasteiger partial charge in [0.1, 0.15) is 0 Å². The van der Waals surface area contributed by atoms with Crippen LogP contribution in [0.2, 0.25) is 0 Å². The molecule has 6 heteroatoms. The molecular formula is C30H36N4OS. The first-order chi connectivity index (χ1) is 17.5. The first kappa shape index (κ1) is 23.7. The normalized spacial score (nSPS) is 26.7. The van der Waals surface area contributed by atoms with Gasteiger partial charge in [-0.05, 0) is 88.4 Å². The van der Waals surface area contributed by atoms with Gasteiger partial charge in [-0.1, -0.05) is 42.8 Å². The Balaban J connectivity index is 1.29. The quantitative estimate of drug-likeness (QED) is 0.382. The second-order valence-electron chi connectivity index (χ2n) is 11.1. The monoisotopic (exact) mass is 500 g/mol. The van der Waals surface area contributed by atoms with Gasteiger partial charge in [0.2, 0.25) is 0 Å². The summed E-state index contributed by atoms with van der Waals surface area (Å²) in [6.07, 6.45) is 9.85. The smallest absolute Gasteiger partial charge is 0.317 e. The van der Waals surface area contributed by atoms with Crippen LogP contribution in [-0.4, -0.2) is 53.5 Å². The van der Waals surface area contributed by atoms with E-state index >= 15 is 0 Å². The van der Waals surface area contributed by atoms with Crippen LogP contribution in [0.1, 0.15) is 50.5 Å². The Morgan fingerprint density at radius 3 is 2.36 bits per heavy atom. The Morgan fingerprint density at radius 2 is 1.72 bits per heavy atom. The van der Waals surface area contributed by atoms with Crippen LogP contribution in [0.3, 0.4) is 0 Å². The molecule has 5 nitrogen and oxygen atoms in total. The molecule has 3 aliphatic rings. The largest absolute Gasteiger partial charge is 0.325 e. The number of nitrogens with zero attached hydrogens (tertiary/aromatic N) is 4. The Hall–Kier alpha value is -2.70. The maximum atomic E-state index is 14.0. The molecule has 0 unspecified atom stereocenters. The molecule has 2 aliphatic carbocycles. The fourth-order valence-electron chi connectivity index (χ4n) is 6.59. The molecule has 1 saturated heterocycles. The number of hydrogen-bond acceptors (Lipinski definition) is 4. The van der Waals surface area contributed by atoms with Crippen molar-refractivity contribution in [3.8, 4) is 10.6 Å². The molecule has 0 atom stereocenters. The summed E-state index contributed by atoms with van der Waals surface area (Å²) in [6.45, 7) is 1.70. The minimum Gasteiger partial charge on any atom is -0.317 e. The number of pyridine rings is 1. The van der Waals surface area contributed by atoms with Crippen LogP contribution in [0.5, 0.6) is 0 Å². The van der Waals surface area contributed by atoms with E-state index in [4.69, 9.17) is 0 Å². The van der Waals surface area contributed by atoms with Crippen LogP contribution >= 0.6 is 11.3 Å². The van der Waals surface area contributed by atoms with Crippen LogP contribution < -0.4 is 4.90 Å². The summed E-state index contributed by atoms with van der Waals surface area (Å²) in [4.78, 5) is 26.4. The molecule has 0 bridgehead atoms. The van der Waals surface area contributed by atoms with Crippen molar-refractivity contribution >= 4 is 22.4 Å². The van der Waals surface area contributed by atoms with E-state index in [1.165, 1.54) is 24.8 Å². The Morgan fingerprint density at radius 1 is 0.972 bits per heavy atom. The molecule has 36 heavy (non-hydrogen) atoms. The van der Waals surface area contributed by atoms with Crippen molar-refractivity contribution in [3.05, 3.63) is 72.4 Å². The summed E-state index contributed by atoms with van der Waals surface area (Å²) >= 11 is 1.68. The molecule has 2 saturated carbocycles. The summed E-state index contributed by atoms with van der Waals surface area (Å²) < 4.78 is 0. The number of carbonyl (C=O) groups excluding carboxylic acids is 1. The summed E-state index contributed by atoms with van der Waals surface area (Å²) in [6, 6.07) is 21.4. The third-order valence-electron chi connectivity index (χ3n) is 9.10. The van der Waals surface area contributed by atoms with Gasteiger partial charge in [-0.2, -0.15) is 0 Å². The van der Waals surface area contributed by atoms with E-state index in [0.29, 0.717) is 5.92 Å². The zero-order valence-electron chi connectivity index (χ0n) is 21.4. The molecule has 3 heterocycles. The van der Waals surface area contributed by atoms with Gasteiger partial charge in [0, 0.05) is 18.3 Å². The number of thiophene rings is 1. The number of amides is 2. The zero-order chi connectivity index (χ0) is 24.8. The predicted molar refractivity (Wildman–Crippen MR) is 147 cm³/mol. The van der Waals surface area contributed by atoms with E-state index in [0.717, 1.165) is 54.3 Å². The molecular weight excluding hydrogens is 464 g/mol. The van der Waals surface area contributed by atoms with E-state index in [9.17, 15) is 4.79 Å². The zero-order valence-corrected chi connectivity index (χ0v) is 22.2. The van der Waals surface area contributed by atoms with Crippen molar-refractivity contribution < 1.29 is 4.79 Å². The Labute approximate surface area is 218 Å². The maximum absolute atomic E-state index is 14.0. The third kappa shape index (κ3) is 3.95. The van der Waals surface area contributed by atoms with Crippen molar-refractivity contribution in [3.63, 3.8) is 0 Å². The molecule has 2 aromatic heterocycles. The highest BCUT2D eigenvalue weighted by atomic mass is 32.1. The molecule has 6 rings (SSSR count). The number of aromatic nitrogens is 1. The molecule has 2 amide bonds. The average Bonchev–Trinajstić information content (AvgIpc) is 3.47. The van der Waals surface area contributed by atoms with Crippen LogP contribution in [0.4, 0.5) is 9.80 Å². The van der Waals surface area contributed by atoms with Crippen molar-refractivity contribution in [1.29, 1.82) is 0 Å². The minimum atomic E-state index is -0.0872. The number of hydrogen-bond donors (Lipinski definition) is 0. The van der Waals surface area contributed by atoms with Crippen LogP contribution in [0, 0.1) is 5.92 Å². The summed E-state index contributed by atoms with van der Waals surface area (Å²) in [7, 11) is 4.43. The molecule has 0 N–H and O–H groups in total. The van der Waals surface area contributed by atoms with Gasteiger partial charge in [-0.3, -0.25) is 14.8 Å². The van der Waals surface area contributed by atoms with E-state index in [-0.39, 0.29) is 17.1 Å². The van der Waals surface area contributed by atoms with Gasteiger partial charge in [0.05, 0.1) is 27.7 Å². The van der Waals surface area contributed by atoms with Gasteiger partial charge < -0.3 is 4.90 Å². The predicted octanol–water partition coefficient (Wildman–Crippen LogP) is 6.62. The van der Waals surface area contributed by atoms with Crippen molar-refractivity contribution in [2.45, 2.75) is 56.0 Å². The van der Waals surface area contributed by atoms with Gasteiger partial charge in [-0.25, -0.2) is 4.79 Å². The molecule has 1 aromatic carbocycles. The molecule has 188 valence electrons. The topological polar surface area (TPSA) is 39.7 Å². The van der Waals surface area contributed by atoms with E-state index in [2.05, 4.69) is 76.2 Å². The maximum Gasteiger partial charge on any atom is 0.325 e. The van der Waals surface area contributed by atoms with Gasteiger partial charge >= 0.3 is 6.03 Å². The van der Waals surface area contributed by atoms with Crippen molar-refractivity contribution in [1.82, 2.24) is 14.8 Å². The van der Waals surface area contributed by atoms with E-state index in [1.807, 2.05) is 24.4 Å². The SMILES string of the molecule is CN(C)[C@]1(c2ccccc2)CC[C@]2(CC1)CN(c1ccc(-c3ccccn3)s1)C(=O)N2CC1CCC1. The highest BCUT2D eigenvalue weighted by Crippen LogP contribution is 2.51. The van der Waals surface area contributed by atoms with Crippen molar-refractivity contribution in [2.75, 3.05) is 32.1 Å². The second kappa shape index (κ2) is 9.31. The van der Waals surface area contributed by atoms with Gasteiger partial charge in [0.15, 0.2) is 0 Å². The lowest BCUT2D eigenvalue weighted by Crippen LogP contribution is -2.56. The minimum absolute atomic E-state index is 0.0280. The molecule has 1 aliphatic heterocycles. The molecule has 0 radical (unpaired) electrons. The molecule has 1 spiro atoms. The highest BCUT2D eigenvalue weighted by molar-refractivity contribution is 7.19. The van der Waals surface area contributed by atoms with Crippen LogP contribution in [0.25, 0.3) is 10.6 Å². The number of rotatable bonds is 6. The number of urea groups is 1. The van der Waals surface area contributed by atoms with Crippen molar-refractivity contribution in [2.24, 2.45) is 5.92 Å². The Bertz CT molecular complexity index is 1200. The van der Waals surface area contributed by atoms with Crippen LogP contribution in [-0.2, 0) is 5.54 Å². The van der Waals surface area contributed by atoms with E-state index < -0.39 is 0 Å². The molecule has 3 aromatic rings. The first-order valence-corrected chi connectivity index (χ1v) is 14.2. The standard InChI is InChI=1S/C30H36N4OS/c1-32(2)30(24-11-4-3-5-12-24)18-16-29(17-19-30)22-33(28(35)34(29)21-23-9-8-10-23)27-15-14-26(36-27)25-13-6-7-20-31-25/h3-7,11-15,20,23H,8-10,16-19,21-22H2,1-2H3/t29-,30+. The Kier molecular flexibility index (Phi) is 6.12.